The van der Waals surface area contributed by atoms with Crippen molar-refractivity contribution in [2.75, 3.05) is 18.1 Å². The number of aromatic nitrogens is 1. The highest BCUT2D eigenvalue weighted by Crippen LogP contribution is 2.44. The van der Waals surface area contributed by atoms with E-state index in [1.54, 1.807) is 25.1 Å². The largest absolute Gasteiger partial charge is 0.507 e. The van der Waals surface area contributed by atoms with Gasteiger partial charge in [0.05, 0.1) is 23.9 Å². The third-order valence-electron chi connectivity index (χ3n) is 6.62. The molecule has 0 spiro atoms. The normalized spacial score (nSPS) is 16.4. The molecule has 1 amide bonds. The third kappa shape index (κ3) is 5.42. The van der Waals surface area contributed by atoms with Gasteiger partial charge in [0.25, 0.3) is 5.78 Å². The Bertz CT molecular complexity index is 1500. The molecule has 0 unspecified atom stereocenters. The van der Waals surface area contributed by atoms with Crippen LogP contribution >= 0.6 is 11.3 Å². The summed E-state index contributed by atoms with van der Waals surface area (Å²) in [5.74, 6) is -1.65. The van der Waals surface area contributed by atoms with Crippen LogP contribution in [0, 0.1) is 13.8 Å². The number of carbonyl (C=O) groups is 3. The number of aliphatic hydroxyl groups is 1. The summed E-state index contributed by atoms with van der Waals surface area (Å²) in [5, 5.41) is 11.6. The Morgan fingerprint density at radius 2 is 1.88 bits per heavy atom. The van der Waals surface area contributed by atoms with Crippen LogP contribution < -0.4 is 9.64 Å². The Morgan fingerprint density at radius 3 is 2.48 bits per heavy atom. The van der Waals surface area contributed by atoms with Crippen molar-refractivity contribution in [3.63, 3.8) is 0 Å². The molecule has 8 nitrogen and oxygen atoms in total. The van der Waals surface area contributed by atoms with Crippen molar-refractivity contribution < 1.29 is 29.0 Å². The van der Waals surface area contributed by atoms with Crippen molar-refractivity contribution >= 4 is 39.9 Å². The van der Waals surface area contributed by atoms with Gasteiger partial charge in [-0.05, 0) is 61.6 Å². The van der Waals surface area contributed by atoms with E-state index in [1.165, 1.54) is 11.0 Å². The van der Waals surface area contributed by atoms with Crippen molar-refractivity contribution in [1.82, 2.24) is 4.98 Å². The average molecular weight is 561 g/mol. The minimum absolute atomic E-state index is 0.0275. The Hall–Kier alpha value is -4.24. The monoisotopic (exact) mass is 560 g/mol. The van der Waals surface area contributed by atoms with E-state index in [2.05, 4.69) is 25.4 Å². The Labute approximate surface area is 237 Å². The number of ether oxygens (including phenoxy) is 2. The molecule has 0 aliphatic carbocycles. The zero-order chi connectivity index (χ0) is 29.1. The molecule has 1 fully saturated rings. The predicted octanol–water partition coefficient (Wildman–Crippen LogP) is 6.25. The Morgan fingerprint density at radius 1 is 1.18 bits per heavy atom. The number of hydrogen-bond donors (Lipinski definition) is 1. The first-order valence-electron chi connectivity index (χ1n) is 13.0. The van der Waals surface area contributed by atoms with Gasteiger partial charge < -0.3 is 14.6 Å². The van der Waals surface area contributed by atoms with Gasteiger partial charge in [-0.1, -0.05) is 62.1 Å². The molecule has 1 aliphatic rings. The number of Topliss-reactive ketones (excluding diaryl/α,β-unsaturated/α-hetero) is 1. The molecule has 1 N–H and O–H groups in total. The molecule has 2 aromatic carbocycles. The molecule has 0 radical (unpaired) electrons. The number of aliphatic hydroxyl groups excluding tert-OH is 1. The Balaban J connectivity index is 1.88. The second-order valence-electron chi connectivity index (χ2n) is 9.70. The van der Waals surface area contributed by atoms with Crippen LogP contribution in [-0.4, -0.2) is 41.0 Å². The van der Waals surface area contributed by atoms with E-state index in [0.717, 1.165) is 22.5 Å². The van der Waals surface area contributed by atoms with E-state index in [4.69, 9.17) is 9.47 Å². The van der Waals surface area contributed by atoms with Crippen LogP contribution in [0.15, 0.2) is 60.7 Å². The average Bonchev–Trinajstić information content (AvgIpc) is 3.44. The van der Waals surface area contributed by atoms with Crippen molar-refractivity contribution in [3.05, 3.63) is 93.5 Å². The number of aryl methyl sites for hydroxylation is 2. The van der Waals surface area contributed by atoms with Crippen LogP contribution in [-0.2, 0) is 14.3 Å². The number of hydrogen-bond acceptors (Lipinski definition) is 8. The summed E-state index contributed by atoms with van der Waals surface area (Å²) in [6.45, 7) is 13.6. The first-order chi connectivity index (χ1) is 19.1. The van der Waals surface area contributed by atoms with Gasteiger partial charge in [-0.2, -0.15) is 0 Å². The van der Waals surface area contributed by atoms with E-state index in [0.29, 0.717) is 29.2 Å². The quantitative estimate of drug-likeness (QED) is 0.108. The summed E-state index contributed by atoms with van der Waals surface area (Å²) in [6, 6.07) is 11.7. The topological polar surface area (TPSA) is 106 Å². The molecule has 2 heterocycles. The van der Waals surface area contributed by atoms with Gasteiger partial charge in [-0.25, -0.2) is 9.78 Å². The van der Waals surface area contributed by atoms with E-state index >= 15 is 0 Å². The summed E-state index contributed by atoms with van der Waals surface area (Å²) < 4.78 is 10.8. The summed E-state index contributed by atoms with van der Waals surface area (Å²) >= 11 is 0.959. The zero-order valence-electron chi connectivity index (χ0n) is 23.2. The molecule has 0 saturated carbocycles. The molecule has 1 aliphatic heterocycles. The summed E-state index contributed by atoms with van der Waals surface area (Å²) in [6.07, 6.45) is 1.46. The maximum Gasteiger partial charge on any atom is 0.350 e. The molecule has 1 saturated heterocycles. The number of carbonyl (C=O) groups excluding carboxylic acids is 3. The fourth-order valence-electron chi connectivity index (χ4n) is 4.55. The SMILES string of the molecule is C=CCOC(=O)c1sc(N2C(=O)C(=O)C(=C(O)c3ccc(OCC)c(C)c3)[C@@H]2c2ccc(C(C)C)cc2)nc1C. The second kappa shape index (κ2) is 11.9. The lowest BCUT2D eigenvalue weighted by molar-refractivity contribution is -0.132. The van der Waals surface area contributed by atoms with Crippen LogP contribution in [0.1, 0.15) is 70.4 Å². The molecule has 4 rings (SSSR count). The summed E-state index contributed by atoms with van der Waals surface area (Å²) in [4.78, 5) is 45.6. The molecule has 9 heteroatoms. The number of amides is 1. The number of nitrogens with zero attached hydrogens (tertiary/aromatic N) is 2. The smallest absolute Gasteiger partial charge is 0.350 e. The van der Waals surface area contributed by atoms with E-state index in [1.807, 2.05) is 38.1 Å². The lowest BCUT2D eigenvalue weighted by atomic mass is 9.93. The number of esters is 1. The minimum atomic E-state index is -0.962. The first-order valence-corrected chi connectivity index (χ1v) is 13.8. The molecular weight excluding hydrogens is 528 g/mol. The molecule has 0 bridgehead atoms. The summed E-state index contributed by atoms with van der Waals surface area (Å²) in [5.41, 5.74) is 3.17. The van der Waals surface area contributed by atoms with E-state index in [9.17, 15) is 19.5 Å². The second-order valence-corrected chi connectivity index (χ2v) is 10.7. The van der Waals surface area contributed by atoms with Gasteiger partial charge in [0, 0.05) is 5.56 Å². The van der Waals surface area contributed by atoms with Crippen molar-refractivity contribution in [3.8, 4) is 5.75 Å². The number of thiazole rings is 1. The highest BCUT2D eigenvalue weighted by Gasteiger charge is 2.48. The standard InChI is InChI=1S/C31H32N2O6S/c1-7-15-39-30(37)28-19(6)32-31(40-28)33-25(21-11-9-20(10-12-21)17(3)4)24(27(35)29(33)36)26(34)22-13-14-23(38-8-2)18(5)16-22/h7,9-14,16-17,25,34H,1,8,15H2,2-6H3/t25-/m0/s1. The highest BCUT2D eigenvalue weighted by molar-refractivity contribution is 7.17. The van der Waals surface area contributed by atoms with Gasteiger partial charge in [0.2, 0.25) is 0 Å². The first kappa shape index (κ1) is 28.8. The maximum absolute atomic E-state index is 13.5. The fraction of sp³-hybridized carbons (Fsp3) is 0.290. The van der Waals surface area contributed by atoms with Gasteiger partial charge in [-0.15, -0.1) is 0 Å². The number of benzene rings is 2. The molecule has 1 atom stereocenters. The molecule has 208 valence electrons. The van der Waals surface area contributed by atoms with Crippen LogP contribution in [0.2, 0.25) is 0 Å². The lowest BCUT2D eigenvalue weighted by Gasteiger charge is -2.23. The predicted molar refractivity (Wildman–Crippen MR) is 155 cm³/mol. The maximum atomic E-state index is 13.5. The molecule has 1 aromatic heterocycles. The number of anilines is 1. The highest BCUT2D eigenvalue weighted by atomic mass is 32.1. The van der Waals surface area contributed by atoms with E-state index < -0.39 is 23.7 Å². The van der Waals surface area contributed by atoms with Crippen molar-refractivity contribution in [1.29, 1.82) is 0 Å². The molecule has 40 heavy (non-hydrogen) atoms. The minimum Gasteiger partial charge on any atom is -0.507 e. The summed E-state index contributed by atoms with van der Waals surface area (Å²) in [7, 11) is 0. The molecular formula is C31H32N2O6S. The Kier molecular flexibility index (Phi) is 8.54. The van der Waals surface area contributed by atoms with Crippen LogP contribution in [0.5, 0.6) is 5.75 Å². The van der Waals surface area contributed by atoms with Crippen LogP contribution in [0.4, 0.5) is 5.13 Å². The lowest BCUT2D eigenvalue weighted by Crippen LogP contribution is -2.29. The van der Waals surface area contributed by atoms with E-state index in [-0.39, 0.29) is 33.9 Å². The number of ketones is 1. The number of rotatable bonds is 9. The van der Waals surface area contributed by atoms with Gasteiger partial charge in [0.15, 0.2) is 5.13 Å². The van der Waals surface area contributed by atoms with Crippen molar-refractivity contribution in [2.45, 2.75) is 46.6 Å². The van der Waals surface area contributed by atoms with Crippen LogP contribution in [0.3, 0.4) is 0 Å². The van der Waals surface area contributed by atoms with Gasteiger partial charge in [0.1, 0.15) is 23.0 Å². The zero-order valence-corrected chi connectivity index (χ0v) is 24.0. The van der Waals surface area contributed by atoms with Crippen molar-refractivity contribution in [2.24, 2.45) is 0 Å². The van der Waals surface area contributed by atoms with Gasteiger partial charge in [-0.3, -0.25) is 14.5 Å². The third-order valence-corrected chi connectivity index (χ3v) is 7.76. The van der Waals surface area contributed by atoms with Gasteiger partial charge >= 0.3 is 11.9 Å². The molecule has 3 aromatic rings. The fourth-order valence-corrected chi connectivity index (χ4v) is 5.54. The van der Waals surface area contributed by atoms with Crippen LogP contribution in [0.25, 0.3) is 5.76 Å².